The van der Waals surface area contributed by atoms with E-state index >= 15 is 0 Å². The van der Waals surface area contributed by atoms with Gasteiger partial charge in [0, 0.05) is 30.6 Å². The van der Waals surface area contributed by atoms with Gasteiger partial charge >= 0.3 is 0 Å². The fourth-order valence-electron chi connectivity index (χ4n) is 4.71. The van der Waals surface area contributed by atoms with Gasteiger partial charge in [-0.05, 0) is 74.6 Å². The number of hydrogen-bond donors (Lipinski definition) is 1. The number of amides is 1. The van der Waals surface area contributed by atoms with Crippen LogP contribution in [0.4, 0.5) is 5.95 Å². The summed E-state index contributed by atoms with van der Waals surface area (Å²) in [7, 11) is 0. The molecule has 3 heterocycles. The van der Waals surface area contributed by atoms with Crippen LogP contribution in [0.25, 0.3) is 16.7 Å². The van der Waals surface area contributed by atoms with Crippen molar-refractivity contribution in [2.75, 3.05) is 31.2 Å². The molecule has 0 saturated carbocycles. The molecule has 2 aliphatic rings. The number of nitrogens with zero attached hydrogens (tertiary/aromatic N) is 3. The average molecular weight is 453 g/mol. The number of fused-ring (bicyclic) bond motifs is 1. The van der Waals surface area contributed by atoms with Gasteiger partial charge in [0.25, 0.3) is 0 Å². The van der Waals surface area contributed by atoms with Crippen LogP contribution in [-0.4, -0.2) is 47.8 Å². The Kier molecular flexibility index (Phi) is 5.82. The van der Waals surface area contributed by atoms with Gasteiger partial charge in [0.05, 0.1) is 29.4 Å². The molecule has 1 atom stereocenters. The first-order chi connectivity index (χ1) is 15.5. The summed E-state index contributed by atoms with van der Waals surface area (Å²) >= 11 is 6.33. The summed E-state index contributed by atoms with van der Waals surface area (Å²) in [4.78, 5) is 20.0. The zero-order chi connectivity index (χ0) is 22.2. The smallest absolute Gasteiger partial charge is 0.223 e. The average Bonchev–Trinajstić information content (AvgIpc) is 3.42. The van der Waals surface area contributed by atoms with Crippen molar-refractivity contribution in [1.29, 1.82) is 0 Å². The van der Waals surface area contributed by atoms with Crippen molar-refractivity contribution in [2.45, 2.75) is 39.2 Å². The van der Waals surface area contributed by atoms with Gasteiger partial charge < -0.3 is 15.0 Å². The lowest BCUT2D eigenvalue weighted by molar-refractivity contribution is -0.126. The first-order valence-electron chi connectivity index (χ1n) is 11.4. The highest BCUT2D eigenvalue weighted by Crippen LogP contribution is 2.32. The fourth-order valence-corrected chi connectivity index (χ4v) is 4.90. The quantitative estimate of drug-likeness (QED) is 0.636. The molecule has 7 heteroatoms. The van der Waals surface area contributed by atoms with Gasteiger partial charge in [-0.1, -0.05) is 17.7 Å². The van der Waals surface area contributed by atoms with Crippen LogP contribution in [0.3, 0.4) is 0 Å². The van der Waals surface area contributed by atoms with E-state index in [2.05, 4.69) is 46.8 Å². The van der Waals surface area contributed by atoms with Crippen LogP contribution in [0.5, 0.6) is 0 Å². The summed E-state index contributed by atoms with van der Waals surface area (Å²) in [5.41, 5.74) is 5.51. The fraction of sp³-hybridized carbons (Fsp3) is 0.440. The molecule has 0 bridgehead atoms. The number of aryl methyl sites for hydroxylation is 2. The predicted molar refractivity (Wildman–Crippen MR) is 128 cm³/mol. The number of benzene rings is 2. The maximum absolute atomic E-state index is 12.7. The maximum atomic E-state index is 12.7. The van der Waals surface area contributed by atoms with Crippen molar-refractivity contribution in [2.24, 2.45) is 5.92 Å². The SMILES string of the molecule is Cc1cc2nc(N3CCC(C(=O)NC4CCOC4)CC3)n(-c3cccc(Cl)c3)c2cc1C. The third kappa shape index (κ3) is 4.09. The van der Waals surface area contributed by atoms with Gasteiger partial charge in [-0.15, -0.1) is 0 Å². The number of aromatic nitrogens is 2. The highest BCUT2D eigenvalue weighted by molar-refractivity contribution is 6.30. The van der Waals surface area contributed by atoms with Crippen LogP contribution < -0.4 is 10.2 Å². The van der Waals surface area contributed by atoms with Gasteiger partial charge in [-0.3, -0.25) is 9.36 Å². The Morgan fingerprint density at radius 1 is 1.12 bits per heavy atom. The first-order valence-corrected chi connectivity index (χ1v) is 11.8. The highest BCUT2D eigenvalue weighted by atomic mass is 35.5. The van der Waals surface area contributed by atoms with E-state index in [1.165, 1.54) is 11.1 Å². The number of carbonyl (C=O) groups excluding carboxylic acids is 1. The molecule has 1 aromatic heterocycles. The van der Waals surface area contributed by atoms with E-state index in [0.717, 1.165) is 61.6 Å². The summed E-state index contributed by atoms with van der Waals surface area (Å²) < 4.78 is 7.58. The second kappa shape index (κ2) is 8.75. The Labute approximate surface area is 193 Å². The van der Waals surface area contributed by atoms with Gasteiger partial charge in [0.15, 0.2) is 0 Å². The van der Waals surface area contributed by atoms with Crippen molar-refractivity contribution in [3.63, 3.8) is 0 Å². The van der Waals surface area contributed by atoms with Crippen molar-refractivity contribution in [1.82, 2.24) is 14.9 Å². The monoisotopic (exact) mass is 452 g/mol. The topological polar surface area (TPSA) is 59.4 Å². The molecule has 3 aromatic rings. The van der Waals surface area contributed by atoms with Gasteiger partial charge in [-0.2, -0.15) is 0 Å². The molecule has 1 N–H and O–H groups in total. The molecular weight excluding hydrogens is 424 g/mol. The molecule has 2 saturated heterocycles. The van der Waals surface area contributed by atoms with E-state index in [1.54, 1.807) is 0 Å². The molecule has 1 amide bonds. The number of nitrogens with one attached hydrogen (secondary N) is 1. The molecule has 5 rings (SSSR count). The first kappa shape index (κ1) is 21.3. The lowest BCUT2D eigenvalue weighted by Crippen LogP contribution is -2.44. The number of anilines is 1. The third-order valence-corrected chi connectivity index (χ3v) is 6.98. The normalized spacial score (nSPS) is 19.6. The molecule has 6 nitrogen and oxygen atoms in total. The maximum Gasteiger partial charge on any atom is 0.223 e. The summed E-state index contributed by atoms with van der Waals surface area (Å²) in [6.45, 7) is 7.20. The zero-order valence-electron chi connectivity index (χ0n) is 18.6. The number of hydrogen-bond acceptors (Lipinski definition) is 4. The van der Waals surface area contributed by atoms with Gasteiger partial charge in [0.1, 0.15) is 0 Å². The molecule has 2 aliphatic heterocycles. The molecule has 32 heavy (non-hydrogen) atoms. The number of ether oxygens (including phenoxy) is 1. The van der Waals surface area contributed by atoms with Crippen LogP contribution in [0.15, 0.2) is 36.4 Å². The van der Waals surface area contributed by atoms with E-state index < -0.39 is 0 Å². The molecule has 1 unspecified atom stereocenters. The second-order valence-electron chi connectivity index (χ2n) is 8.98. The number of piperidine rings is 1. The Hall–Kier alpha value is -2.57. The van der Waals surface area contributed by atoms with Crippen LogP contribution >= 0.6 is 11.6 Å². The minimum absolute atomic E-state index is 0.0420. The van der Waals surface area contributed by atoms with Crippen LogP contribution in [0, 0.1) is 19.8 Å². The Morgan fingerprint density at radius 2 is 1.91 bits per heavy atom. The van der Waals surface area contributed by atoms with Crippen molar-refractivity contribution in [3.05, 3.63) is 52.5 Å². The molecule has 2 aromatic carbocycles. The summed E-state index contributed by atoms with van der Waals surface area (Å²) in [5, 5.41) is 3.86. The number of rotatable bonds is 4. The third-order valence-electron chi connectivity index (χ3n) is 6.74. The van der Waals surface area contributed by atoms with Crippen LogP contribution in [0.1, 0.15) is 30.4 Å². The Morgan fingerprint density at radius 3 is 2.62 bits per heavy atom. The second-order valence-corrected chi connectivity index (χ2v) is 9.42. The standard InChI is InChI=1S/C25H29ClN4O2/c1-16-12-22-23(13-17(16)2)30(21-5-3-4-19(26)14-21)25(28-22)29-9-6-18(7-10-29)24(31)27-20-8-11-32-15-20/h3-5,12-14,18,20H,6-11,15H2,1-2H3,(H,27,31). The minimum atomic E-state index is 0.0420. The van der Waals surface area contributed by atoms with E-state index in [9.17, 15) is 4.79 Å². The highest BCUT2D eigenvalue weighted by Gasteiger charge is 2.30. The largest absolute Gasteiger partial charge is 0.379 e. The molecule has 0 aliphatic carbocycles. The Balaban J connectivity index is 1.43. The summed E-state index contributed by atoms with van der Waals surface area (Å²) in [5.74, 6) is 1.12. The van der Waals surface area contributed by atoms with Gasteiger partial charge in [-0.25, -0.2) is 4.98 Å². The van der Waals surface area contributed by atoms with E-state index in [0.29, 0.717) is 11.6 Å². The lowest BCUT2D eigenvalue weighted by atomic mass is 9.95. The molecule has 2 fully saturated rings. The zero-order valence-corrected chi connectivity index (χ0v) is 19.4. The van der Waals surface area contributed by atoms with Gasteiger partial charge in [0.2, 0.25) is 11.9 Å². The molecule has 0 spiro atoms. The summed E-state index contributed by atoms with van der Waals surface area (Å²) in [6, 6.07) is 12.4. The lowest BCUT2D eigenvalue weighted by Gasteiger charge is -2.32. The van der Waals surface area contributed by atoms with Crippen molar-refractivity contribution < 1.29 is 9.53 Å². The molecule has 168 valence electrons. The van der Waals surface area contributed by atoms with Crippen LogP contribution in [0.2, 0.25) is 5.02 Å². The number of halogens is 1. The minimum Gasteiger partial charge on any atom is -0.379 e. The van der Waals surface area contributed by atoms with Crippen molar-refractivity contribution in [3.8, 4) is 5.69 Å². The molecule has 0 radical (unpaired) electrons. The number of imidazole rings is 1. The van der Waals surface area contributed by atoms with E-state index in [1.807, 2.05) is 18.2 Å². The van der Waals surface area contributed by atoms with Crippen LogP contribution in [-0.2, 0) is 9.53 Å². The van der Waals surface area contributed by atoms with Crippen molar-refractivity contribution >= 4 is 34.5 Å². The summed E-state index contributed by atoms with van der Waals surface area (Å²) in [6.07, 6.45) is 2.54. The number of carbonyl (C=O) groups is 1. The van der Waals surface area contributed by atoms with E-state index in [4.69, 9.17) is 21.3 Å². The van der Waals surface area contributed by atoms with E-state index in [-0.39, 0.29) is 17.9 Å². The Bertz CT molecular complexity index is 1140. The predicted octanol–water partition coefficient (Wildman–Crippen LogP) is 4.42. The molecular formula is C25H29ClN4O2.